The molecule has 0 fully saturated rings. The normalized spacial score (nSPS) is 12.6. The van der Waals surface area contributed by atoms with E-state index in [2.05, 4.69) is 16.3 Å². The minimum atomic E-state index is -0.499. The molecule has 0 radical (unpaired) electrons. The van der Waals surface area contributed by atoms with E-state index in [4.69, 9.17) is 27.9 Å². The lowest BCUT2D eigenvalue weighted by molar-refractivity contribution is 0.108. The van der Waals surface area contributed by atoms with E-state index in [1.165, 1.54) is 5.56 Å². The molecule has 0 amide bonds. The van der Waals surface area contributed by atoms with Crippen LogP contribution in [0.2, 0.25) is 5.02 Å². The Bertz CT molecular complexity index is 1250. The number of carbonyl (C=O) groups is 1. The molecule has 0 spiro atoms. The molecule has 2 aromatic heterocycles. The summed E-state index contributed by atoms with van der Waals surface area (Å²) >= 11 is 13.6. The third kappa shape index (κ3) is 3.23. The first-order valence-electron chi connectivity index (χ1n) is 8.87. The van der Waals surface area contributed by atoms with E-state index >= 15 is 0 Å². The lowest BCUT2D eigenvalue weighted by Gasteiger charge is -2.08. The van der Waals surface area contributed by atoms with Crippen molar-refractivity contribution in [1.82, 2.24) is 14.8 Å². The van der Waals surface area contributed by atoms with Crippen LogP contribution in [0.3, 0.4) is 0 Å². The molecule has 4 aromatic rings. The molecule has 0 unspecified atom stereocenters. The molecular weight excluding hydrogens is 429 g/mol. The molecule has 0 bridgehead atoms. The van der Waals surface area contributed by atoms with Crippen LogP contribution >= 0.6 is 34.5 Å². The fraction of sp³-hybridized carbons (Fsp3) is 0.0952. The Morgan fingerprint density at radius 1 is 1.17 bits per heavy atom. The molecule has 29 heavy (non-hydrogen) atoms. The number of fused-ring (bicyclic) bond motifs is 3. The van der Waals surface area contributed by atoms with Crippen LogP contribution in [-0.4, -0.2) is 26.6 Å². The number of aromatic nitrogens is 3. The van der Waals surface area contributed by atoms with Crippen LogP contribution in [0.5, 0.6) is 5.75 Å². The molecule has 2 aromatic carbocycles. The van der Waals surface area contributed by atoms with E-state index in [9.17, 15) is 4.79 Å². The van der Waals surface area contributed by atoms with Crippen LogP contribution in [0.15, 0.2) is 54.9 Å². The van der Waals surface area contributed by atoms with Gasteiger partial charge in [0.05, 0.1) is 22.2 Å². The van der Waals surface area contributed by atoms with Crippen LogP contribution in [0.25, 0.3) is 26.8 Å². The van der Waals surface area contributed by atoms with Gasteiger partial charge in [0, 0.05) is 22.4 Å². The topological polar surface area (TPSA) is 57.0 Å². The highest BCUT2D eigenvalue weighted by Crippen LogP contribution is 2.44. The number of halogens is 2. The first-order chi connectivity index (χ1) is 14.1. The van der Waals surface area contributed by atoms with E-state index in [-0.39, 0.29) is 0 Å². The van der Waals surface area contributed by atoms with Crippen LogP contribution in [0.4, 0.5) is 0 Å². The SMILES string of the molecule is O=C(Cl)c1ccc2c(c1)OCCc1cc(-c3nncn3-c3ccccc3Cl)sc1-2. The lowest BCUT2D eigenvalue weighted by atomic mass is 10.1. The molecule has 0 N–H and O–H groups in total. The number of hydrogen-bond donors (Lipinski definition) is 0. The molecule has 0 aliphatic carbocycles. The highest BCUT2D eigenvalue weighted by molar-refractivity contribution is 7.19. The molecule has 8 heteroatoms. The van der Waals surface area contributed by atoms with Crippen molar-refractivity contribution in [3.8, 4) is 32.6 Å². The van der Waals surface area contributed by atoms with Crippen molar-refractivity contribution in [2.24, 2.45) is 0 Å². The highest BCUT2D eigenvalue weighted by atomic mass is 35.5. The summed E-state index contributed by atoms with van der Waals surface area (Å²) in [6, 6.07) is 15.0. The predicted molar refractivity (Wildman–Crippen MR) is 115 cm³/mol. The summed E-state index contributed by atoms with van der Waals surface area (Å²) < 4.78 is 7.75. The predicted octanol–water partition coefficient (Wildman–Crippen LogP) is 5.63. The van der Waals surface area contributed by atoms with Crippen molar-refractivity contribution < 1.29 is 9.53 Å². The fourth-order valence-corrected chi connectivity index (χ4v) is 4.97. The number of benzene rings is 2. The van der Waals surface area contributed by atoms with Crippen molar-refractivity contribution in [3.63, 3.8) is 0 Å². The van der Waals surface area contributed by atoms with E-state index < -0.39 is 5.24 Å². The van der Waals surface area contributed by atoms with Gasteiger partial charge in [0.25, 0.3) is 5.24 Å². The van der Waals surface area contributed by atoms with Crippen molar-refractivity contribution in [3.05, 3.63) is 71.0 Å². The van der Waals surface area contributed by atoms with Gasteiger partial charge in [-0.1, -0.05) is 23.7 Å². The number of carbonyl (C=O) groups excluding carboxylic acids is 1. The zero-order valence-electron chi connectivity index (χ0n) is 14.9. The highest BCUT2D eigenvalue weighted by Gasteiger charge is 2.22. The maximum absolute atomic E-state index is 11.5. The Balaban J connectivity index is 1.63. The summed E-state index contributed by atoms with van der Waals surface area (Å²) in [4.78, 5) is 13.6. The van der Waals surface area contributed by atoms with Gasteiger partial charge < -0.3 is 4.74 Å². The van der Waals surface area contributed by atoms with Crippen LogP contribution < -0.4 is 4.74 Å². The largest absolute Gasteiger partial charge is 0.493 e. The van der Waals surface area contributed by atoms with Gasteiger partial charge >= 0.3 is 0 Å². The average Bonchev–Trinajstić information content (AvgIpc) is 3.32. The summed E-state index contributed by atoms with van der Waals surface area (Å²) in [7, 11) is 0. The molecule has 0 saturated heterocycles. The summed E-state index contributed by atoms with van der Waals surface area (Å²) in [5, 5.41) is 8.56. The van der Waals surface area contributed by atoms with Crippen LogP contribution in [0, 0.1) is 0 Å². The lowest BCUT2D eigenvalue weighted by Crippen LogP contribution is -1.99. The van der Waals surface area contributed by atoms with E-state index in [0.717, 1.165) is 33.3 Å². The number of rotatable bonds is 3. The smallest absolute Gasteiger partial charge is 0.252 e. The molecule has 1 aliphatic rings. The number of hydrogen-bond acceptors (Lipinski definition) is 5. The maximum Gasteiger partial charge on any atom is 0.252 e. The third-order valence-corrected chi connectivity index (χ3v) is 6.52. The quantitative estimate of drug-likeness (QED) is 0.386. The van der Waals surface area contributed by atoms with Crippen molar-refractivity contribution >= 4 is 39.8 Å². The Morgan fingerprint density at radius 2 is 2.03 bits per heavy atom. The Labute approximate surface area is 180 Å². The van der Waals surface area contributed by atoms with Crippen LogP contribution in [0.1, 0.15) is 15.9 Å². The Morgan fingerprint density at radius 3 is 2.86 bits per heavy atom. The van der Waals surface area contributed by atoms with Gasteiger partial charge in [-0.15, -0.1) is 21.5 Å². The standard InChI is InChI=1S/C21H13Cl2N3O2S/c22-15-3-1-2-4-16(15)26-11-24-25-21(26)18-10-12-7-8-28-17-9-13(20(23)27)5-6-14(17)19(12)29-18/h1-6,9-11H,7-8H2. The zero-order valence-corrected chi connectivity index (χ0v) is 17.3. The van der Waals surface area contributed by atoms with Crippen molar-refractivity contribution in [2.75, 3.05) is 6.61 Å². The zero-order chi connectivity index (χ0) is 20.0. The van der Waals surface area contributed by atoms with Gasteiger partial charge in [0.1, 0.15) is 12.1 Å². The summed E-state index contributed by atoms with van der Waals surface area (Å²) in [6.45, 7) is 0.521. The Kier molecular flexibility index (Phi) is 4.62. The second-order valence-corrected chi connectivity index (χ2v) is 8.33. The first-order valence-corrected chi connectivity index (χ1v) is 10.4. The summed E-state index contributed by atoms with van der Waals surface area (Å²) in [5.74, 6) is 1.39. The number of thiophene rings is 1. The molecule has 0 saturated carbocycles. The number of nitrogens with zero attached hydrogens (tertiary/aromatic N) is 3. The van der Waals surface area contributed by atoms with E-state index in [0.29, 0.717) is 22.9 Å². The van der Waals surface area contributed by atoms with Gasteiger partial charge in [-0.25, -0.2) is 0 Å². The average molecular weight is 442 g/mol. The minimum Gasteiger partial charge on any atom is -0.493 e. The molecule has 3 heterocycles. The van der Waals surface area contributed by atoms with Crippen LogP contribution in [-0.2, 0) is 6.42 Å². The van der Waals surface area contributed by atoms with Gasteiger partial charge in [0.2, 0.25) is 0 Å². The second-order valence-electron chi connectivity index (χ2n) is 6.52. The number of ether oxygens (including phenoxy) is 1. The number of para-hydroxylation sites is 1. The first kappa shape index (κ1) is 18.4. The van der Waals surface area contributed by atoms with Crippen molar-refractivity contribution in [2.45, 2.75) is 6.42 Å². The molecule has 0 atom stereocenters. The van der Waals surface area contributed by atoms with Gasteiger partial charge in [-0.05, 0) is 53.6 Å². The second kappa shape index (κ2) is 7.30. The molecular formula is C21H13Cl2N3O2S. The van der Waals surface area contributed by atoms with Gasteiger partial charge in [0.15, 0.2) is 5.82 Å². The summed E-state index contributed by atoms with van der Waals surface area (Å²) in [6.07, 6.45) is 2.42. The van der Waals surface area contributed by atoms with Crippen molar-refractivity contribution in [1.29, 1.82) is 0 Å². The molecule has 5 rings (SSSR count). The molecule has 1 aliphatic heterocycles. The fourth-order valence-electron chi connectivity index (χ4n) is 3.40. The molecule has 5 nitrogen and oxygen atoms in total. The minimum absolute atomic E-state index is 0.420. The van der Waals surface area contributed by atoms with Gasteiger partial charge in [-0.2, -0.15) is 0 Å². The monoisotopic (exact) mass is 441 g/mol. The third-order valence-electron chi connectivity index (χ3n) is 4.77. The van der Waals surface area contributed by atoms with E-state index in [1.54, 1.807) is 29.8 Å². The van der Waals surface area contributed by atoms with E-state index in [1.807, 2.05) is 34.9 Å². The summed E-state index contributed by atoms with van der Waals surface area (Å²) in [5.41, 5.74) is 3.36. The van der Waals surface area contributed by atoms with Gasteiger partial charge in [-0.3, -0.25) is 9.36 Å². The maximum atomic E-state index is 11.5. The Hall–Kier alpha value is -2.67. The molecule has 144 valence electrons.